The Labute approximate surface area is 271 Å². The first-order chi connectivity index (χ1) is 22.1. The average Bonchev–Trinajstić information content (AvgIpc) is 3.42. The van der Waals surface area contributed by atoms with Crippen LogP contribution >= 0.6 is 0 Å². The van der Waals surface area contributed by atoms with Gasteiger partial charge in [0, 0.05) is 23.9 Å². The SMILES string of the molecule is CC(C)(C)OC(=O)N1Cc2nc(-c3c(F)cccc3F)cc(Nc3ccc(C4(C)CC(C)(C)N(C5=CCOCC5)C4=O)cn3)c2C1=O. The third kappa shape index (κ3) is 5.86. The molecule has 47 heavy (non-hydrogen) atoms. The molecule has 0 saturated carbocycles. The van der Waals surface area contributed by atoms with E-state index in [4.69, 9.17) is 9.47 Å². The van der Waals surface area contributed by atoms with Gasteiger partial charge in [-0.05, 0) is 83.9 Å². The zero-order chi connectivity index (χ0) is 33.9. The summed E-state index contributed by atoms with van der Waals surface area (Å²) >= 11 is 0. The second-order valence-electron chi connectivity index (χ2n) is 13.9. The van der Waals surface area contributed by atoms with Crippen LogP contribution in [0.4, 0.5) is 25.1 Å². The Bertz CT molecular complexity index is 1800. The molecule has 3 aliphatic heterocycles. The number of carbonyl (C=O) groups excluding carboxylic acids is 3. The molecule has 10 nitrogen and oxygen atoms in total. The van der Waals surface area contributed by atoms with E-state index in [-0.39, 0.29) is 40.7 Å². The summed E-state index contributed by atoms with van der Waals surface area (Å²) in [6.07, 6.45) is 3.93. The van der Waals surface area contributed by atoms with Gasteiger partial charge in [-0.25, -0.2) is 28.4 Å². The van der Waals surface area contributed by atoms with Gasteiger partial charge < -0.3 is 19.7 Å². The van der Waals surface area contributed by atoms with E-state index in [0.29, 0.717) is 31.9 Å². The average molecular weight is 646 g/mol. The molecular weight excluding hydrogens is 608 g/mol. The molecule has 3 amide bonds. The predicted molar refractivity (Wildman–Crippen MR) is 170 cm³/mol. The number of nitrogens with one attached hydrogen (secondary N) is 1. The number of halogens is 2. The first-order valence-corrected chi connectivity index (χ1v) is 15.5. The van der Waals surface area contributed by atoms with Crippen LogP contribution < -0.4 is 5.32 Å². The van der Waals surface area contributed by atoms with E-state index in [1.54, 1.807) is 39.1 Å². The molecule has 0 radical (unpaired) electrons. The lowest BCUT2D eigenvalue weighted by atomic mass is 9.78. The number of imide groups is 1. The van der Waals surface area contributed by atoms with Gasteiger partial charge in [-0.15, -0.1) is 0 Å². The number of likely N-dealkylation sites (tertiary alicyclic amines) is 1. The first kappa shape index (κ1) is 32.2. The first-order valence-electron chi connectivity index (χ1n) is 15.5. The lowest BCUT2D eigenvalue weighted by molar-refractivity contribution is -0.132. The molecule has 3 aromatic rings. The second kappa shape index (κ2) is 11.5. The fraction of sp³-hybridized carbons (Fsp3) is 0.400. The van der Waals surface area contributed by atoms with Crippen LogP contribution in [0.5, 0.6) is 0 Å². The number of rotatable bonds is 5. The molecule has 1 saturated heterocycles. The van der Waals surface area contributed by atoms with Gasteiger partial charge >= 0.3 is 6.09 Å². The van der Waals surface area contributed by atoms with Crippen LogP contribution in [0.1, 0.15) is 76.0 Å². The van der Waals surface area contributed by atoms with E-state index in [1.165, 1.54) is 12.1 Å². The van der Waals surface area contributed by atoms with Crippen molar-refractivity contribution in [3.63, 3.8) is 0 Å². The lowest BCUT2D eigenvalue weighted by Gasteiger charge is -2.34. The smallest absolute Gasteiger partial charge is 0.417 e. The summed E-state index contributed by atoms with van der Waals surface area (Å²) in [5.41, 5.74) is -0.526. The molecule has 1 aromatic carbocycles. The molecule has 1 N–H and O–H groups in total. The van der Waals surface area contributed by atoms with E-state index in [2.05, 4.69) is 15.3 Å². The fourth-order valence-corrected chi connectivity index (χ4v) is 6.68. The van der Waals surface area contributed by atoms with E-state index < -0.39 is 40.2 Å². The van der Waals surface area contributed by atoms with Crippen molar-refractivity contribution in [1.29, 1.82) is 0 Å². The van der Waals surface area contributed by atoms with Crippen molar-refractivity contribution in [1.82, 2.24) is 19.8 Å². The summed E-state index contributed by atoms with van der Waals surface area (Å²) in [6, 6.07) is 8.32. The van der Waals surface area contributed by atoms with Gasteiger partial charge in [0.15, 0.2) is 0 Å². The van der Waals surface area contributed by atoms with Gasteiger partial charge in [0.25, 0.3) is 5.91 Å². The zero-order valence-electron chi connectivity index (χ0n) is 27.2. The minimum atomic E-state index is -0.865. The molecule has 246 valence electrons. The van der Waals surface area contributed by atoms with Gasteiger partial charge in [0.05, 0.1) is 53.4 Å². The Morgan fingerprint density at radius 1 is 1.06 bits per heavy atom. The van der Waals surface area contributed by atoms with Crippen molar-refractivity contribution in [2.45, 2.75) is 77.5 Å². The fourth-order valence-electron chi connectivity index (χ4n) is 6.68. The second-order valence-corrected chi connectivity index (χ2v) is 13.9. The molecule has 5 heterocycles. The Hall–Kier alpha value is -4.71. The number of aromatic nitrogens is 2. The summed E-state index contributed by atoms with van der Waals surface area (Å²) in [5, 5.41) is 3.10. The Morgan fingerprint density at radius 3 is 2.40 bits per heavy atom. The number of hydrogen-bond acceptors (Lipinski definition) is 8. The van der Waals surface area contributed by atoms with Gasteiger partial charge in [0.1, 0.15) is 23.1 Å². The largest absolute Gasteiger partial charge is 0.443 e. The lowest BCUT2D eigenvalue weighted by Crippen LogP contribution is -2.42. The van der Waals surface area contributed by atoms with Gasteiger partial charge in [-0.3, -0.25) is 9.59 Å². The Kier molecular flexibility index (Phi) is 7.90. The summed E-state index contributed by atoms with van der Waals surface area (Å²) in [4.78, 5) is 52.2. The number of ether oxygens (including phenoxy) is 2. The van der Waals surface area contributed by atoms with Gasteiger partial charge in [-0.1, -0.05) is 12.1 Å². The van der Waals surface area contributed by atoms with Crippen LogP contribution in [0.2, 0.25) is 0 Å². The van der Waals surface area contributed by atoms with Crippen LogP contribution in [-0.2, 0) is 26.2 Å². The number of nitrogens with zero attached hydrogens (tertiary/aromatic N) is 4. The molecule has 1 fully saturated rings. The molecule has 12 heteroatoms. The highest BCUT2D eigenvalue weighted by molar-refractivity contribution is 6.10. The quantitative estimate of drug-likeness (QED) is 0.329. The minimum absolute atomic E-state index is 0.0190. The van der Waals surface area contributed by atoms with Crippen molar-refractivity contribution < 1.29 is 32.6 Å². The topological polar surface area (TPSA) is 114 Å². The maximum atomic E-state index is 14.9. The number of pyridine rings is 2. The third-order valence-electron chi connectivity index (χ3n) is 8.65. The molecule has 1 atom stereocenters. The molecular formula is C35H37F2N5O5. The van der Waals surface area contributed by atoms with Crippen LogP contribution in [-0.4, -0.2) is 62.0 Å². The summed E-state index contributed by atoms with van der Waals surface area (Å²) in [7, 11) is 0. The Balaban J connectivity index is 1.34. The van der Waals surface area contributed by atoms with Crippen LogP contribution in [0.25, 0.3) is 11.3 Å². The maximum absolute atomic E-state index is 14.9. The van der Waals surface area contributed by atoms with Crippen LogP contribution in [0.3, 0.4) is 0 Å². The molecule has 1 unspecified atom stereocenters. The number of amides is 3. The monoisotopic (exact) mass is 645 g/mol. The number of hydrogen-bond donors (Lipinski definition) is 1. The molecule has 0 aliphatic carbocycles. The van der Waals surface area contributed by atoms with Crippen molar-refractivity contribution in [2.24, 2.45) is 0 Å². The van der Waals surface area contributed by atoms with E-state index in [0.717, 1.165) is 28.3 Å². The predicted octanol–water partition coefficient (Wildman–Crippen LogP) is 6.63. The van der Waals surface area contributed by atoms with E-state index >= 15 is 0 Å². The minimum Gasteiger partial charge on any atom is -0.443 e. The summed E-state index contributed by atoms with van der Waals surface area (Å²) in [6.45, 7) is 11.8. The maximum Gasteiger partial charge on any atom is 0.417 e. The van der Waals surface area contributed by atoms with Gasteiger partial charge in [0.2, 0.25) is 5.91 Å². The normalized spacial score (nSPS) is 20.7. The number of fused-ring (bicyclic) bond motifs is 1. The van der Waals surface area contributed by atoms with Gasteiger partial charge in [-0.2, -0.15) is 0 Å². The van der Waals surface area contributed by atoms with Crippen LogP contribution in [0.15, 0.2) is 54.4 Å². The number of anilines is 2. The van der Waals surface area contributed by atoms with E-state index in [1.807, 2.05) is 31.7 Å². The van der Waals surface area contributed by atoms with Crippen molar-refractivity contribution in [3.05, 3.63) is 82.8 Å². The van der Waals surface area contributed by atoms with E-state index in [9.17, 15) is 23.2 Å². The van der Waals surface area contributed by atoms with Crippen molar-refractivity contribution >= 4 is 29.4 Å². The molecule has 0 bridgehead atoms. The third-order valence-corrected chi connectivity index (χ3v) is 8.65. The molecule has 0 spiro atoms. The highest BCUT2D eigenvalue weighted by Crippen LogP contribution is 2.47. The summed E-state index contributed by atoms with van der Waals surface area (Å²) < 4.78 is 40.6. The Morgan fingerprint density at radius 2 is 1.79 bits per heavy atom. The number of carbonyl (C=O) groups is 3. The highest BCUT2D eigenvalue weighted by atomic mass is 19.1. The number of benzene rings is 1. The molecule has 2 aromatic heterocycles. The standard InChI is InChI=1S/C35H37F2N5O5/c1-33(2,3)47-32(45)41-18-26-29(30(41)43)25(16-24(39-26)28-22(36)8-7-9-23(28)37)40-27-11-10-20(17-38-27)35(6)19-34(4,5)42(31(35)44)21-12-14-46-15-13-21/h7-12,16-17H,13-15,18-19H2,1-6H3,(H,38,39,40). The highest BCUT2D eigenvalue weighted by Gasteiger charge is 2.54. The van der Waals surface area contributed by atoms with Crippen molar-refractivity contribution in [3.8, 4) is 11.3 Å². The zero-order valence-corrected chi connectivity index (χ0v) is 27.2. The van der Waals surface area contributed by atoms with Crippen molar-refractivity contribution in [2.75, 3.05) is 18.5 Å². The molecule has 6 rings (SSSR count). The molecule has 3 aliphatic rings. The van der Waals surface area contributed by atoms with Crippen LogP contribution in [0, 0.1) is 11.6 Å². The summed E-state index contributed by atoms with van der Waals surface area (Å²) in [5.74, 6) is -2.04.